The van der Waals surface area contributed by atoms with Crippen molar-refractivity contribution in [3.63, 3.8) is 0 Å². The third-order valence-electron chi connectivity index (χ3n) is 8.62. The highest BCUT2D eigenvalue weighted by Gasteiger charge is 2.62. The topological polar surface area (TPSA) is 60.4 Å². The molecule has 198 valence electrons. The van der Waals surface area contributed by atoms with Crippen molar-refractivity contribution in [3.05, 3.63) is 95.6 Å². The van der Waals surface area contributed by atoms with Gasteiger partial charge in [-0.15, -0.1) is 0 Å². The molecule has 7 rings (SSSR count). The molecule has 0 saturated carbocycles. The quantitative estimate of drug-likeness (QED) is 0.517. The maximum Gasteiger partial charge on any atom is 0.163 e. The van der Waals surface area contributed by atoms with Gasteiger partial charge in [-0.1, -0.05) is 78.9 Å². The van der Waals surface area contributed by atoms with Gasteiger partial charge in [0.05, 0.1) is 30.9 Å². The fraction of sp³-hybridized carbons (Fsp3) is 0.438. The van der Waals surface area contributed by atoms with Crippen LogP contribution >= 0.6 is 0 Å². The first kappa shape index (κ1) is 24.5. The number of aliphatic hydroxyl groups is 1. The highest BCUT2D eigenvalue weighted by atomic mass is 16.8. The van der Waals surface area contributed by atoms with Gasteiger partial charge in [-0.2, -0.15) is 0 Å². The number of nitrogens with zero attached hydrogens (tertiary/aromatic N) is 1. The van der Waals surface area contributed by atoms with Crippen LogP contribution in [0.5, 0.6) is 0 Å². The highest BCUT2D eigenvalue weighted by molar-refractivity contribution is 5.83. The molecule has 0 aromatic heterocycles. The minimum absolute atomic E-state index is 0.149. The summed E-state index contributed by atoms with van der Waals surface area (Å²) in [4.78, 5) is 2.47. The van der Waals surface area contributed by atoms with E-state index in [0.29, 0.717) is 32.6 Å². The standard InChI is InChI=1S/C32H35NO5/c1-31(2)37-27-20-33(29(30(27)38-31)26(34)16-17-28-35-18-19-36-28)32(21-10-4-3-5-11-21)24-14-8-6-12-22(24)23-13-7-9-15-25(23)32/h3-15,26-30,34H,16-20H2,1-2H3/t26-,27+,29+,30+/m0/s1. The average Bonchev–Trinajstić information content (AvgIpc) is 3.69. The van der Waals surface area contributed by atoms with Crippen molar-refractivity contribution in [2.24, 2.45) is 0 Å². The minimum atomic E-state index is -0.692. The molecular weight excluding hydrogens is 478 g/mol. The van der Waals surface area contributed by atoms with Crippen LogP contribution in [0.2, 0.25) is 0 Å². The van der Waals surface area contributed by atoms with Crippen molar-refractivity contribution < 1.29 is 24.1 Å². The molecule has 0 bridgehead atoms. The lowest BCUT2D eigenvalue weighted by atomic mass is 9.78. The molecule has 3 aromatic carbocycles. The summed E-state index contributed by atoms with van der Waals surface area (Å²) in [6.45, 7) is 5.79. The number of rotatable bonds is 6. The van der Waals surface area contributed by atoms with Crippen molar-refractivity contribution in [3.8, 4) is 11.1 Å². The number of ether oxygens (including phenoxy) is 4. The second kappa shape index (κ2) is 9.26. The van der Waals surface area contributed by atoms with Crippen LogP contribution in [0.15, 0.2) is 78.9 Å². The summed E-state index contributed by atoms with van der Waals surface area (Å²) in [5.41, 5.74) is 5.50. The van der Waals surface area contributed by atoms with Crippen LogP contribution in [-0.2, 0) is 24.5 Å². The minimum Gasteiger partial charge on any atom is -0.391 e. The molecule has 1 aliphatic carbocycles. The van der Waals surface area contributed by atoms with Crippen LogP contribution in [0.25, 0.3) is 11.1 Å². The highest BCUT2D eigenvalue weighted by Crippen LogP contribution is 2.57. The Bertz CT molecular complexity index is 1260. The van der Waals surface area contributed by atoms with Crippen molar-refractivity contribution in [1.82, 2.24) is 4.90 Å². The number of fused-ring (bicyclic) bond motifs is 4. The zero-order valence-electron chi connectivity index (χ0n) is 22.0. The van der Waals surface area contributed by atoms with Crippen molar-refractivity contribution in [2.75, 3.05) is 19.8 Å². The van der Waals surface area contributed by atoms with Crippen molar-refractivity contribution in [2.45, 2.75) is 68.7 Å². The first-order chi connectivity index (χ1) is 18.5. The third-order valence-corrected chi connectivity index (χ3v) is 8.62. The summed E-state index contributed by atoms with van der Waals surface area (Å²) in [7, 11) is 0. The molecule has 6 heteroatoms. The molecule has 3 aromatic rings. The van der Waals surface area contributed by atoms with Gasteiger partial charge in [0.15, 0.2) is 12.1 Å². The molecule has 1 N–H and O–H groups in total. The summed E-state index contributed by atoms with van der Waals surface area (Å²) in [5.74, 6) is -0.692. The molecule has 0 spiro atoms. The molecule has 6 nitrogen and oxygen atoms in total. The van der Waals surface area contributed by atoms with Gasteiger partial charge in [-0.3, -0.25) is 4.90 Å². The molecule has 0 amide bonds. The largest absolute Gasteiger partial charge is 0.391 e. The molecule has 0 radical (unpaired) electrons. The second-order valence-corrected chi connectivity index (χ2v) is 11.3. The third kappa shape index (κ3) is 3.70. The first-order valence-electron chi connectivity index (χ1n) is 13.8. The predicted octanol–water partition coefficient (Wildman–Crippen LogP) is 4.68. The smallest absolute Gasteiger partial charge is 0.163 e. The Morgan fingerprint density at radius 1 is 0.842 bits per heavy atom. The van der Waals surface area contributed by atoms with E-state index in [1.807, 2.05) is 13.8 Å². The number of aliphatic hydroxyl groups excluding tert-OH is 1. The number of likely N-dealkylation sites (tertiary alicyclic amines) is 1. The van der Waals surface area contributed by atoms with E-state index in [4.69, 9.17) is 18.9 Å². The van der Waals surface area contributed by atoms with Crippen LogP contribution in [-0.4, -0.2) is 66.2 Å². The van der Waals surface area contributed by atoms with E-state index in [1.165, 1.54) is 27.8 Å². The van der Waals surface area contributed by atoms with Crippen molar-refractivity contribution >= 4 is 0 Å². The lowest BCUT2D eigenvalue weighted by Crippen LogP contribution is -2.56. The Balaban J connectivity index is 1.39. The predicted molar refractivity (Wildman–Crippen MR) is 143 cm³/mol. The van der Waals surface area contributed by atoms with E-state index in [-0.39, 0.29) is 24.5 Å². The fourth-order valence-corrected chi connectivity index (χ4v) is 7.30. The maximum atomic E-state index is 11.9. The molecule has 3 heterocycles. The number of hydrogen-bond donors (Lipinski definition) is 1. The maximum absolute atomic E-state index is 11.9. The lowest BCUT2D eigenvalue weighted by molar-refractivity contribution is -0.172. The Hall–Kier alpha value is -2.58. The van der Waals surface area contributed by atoms with Gasteiger partial charge in [0.2, 0.25) is 0 Å². The van der Waals surface area contributed by atoms with Gasteiger partial charge < -0.3 is 24.1 Å². The zero-order valence-corrected chi connectivity index (χ0v) is 22.0. The Labute approximate surface area is 224 Å². The average molecular weight is 514 g/mol. The molecular formula is C32H35NO5. The number of benzene rings is 3. The first-order valence-corrected chi connectivity index (χ1v) is 13.8. The van der Waals surface area contributed by atoms with Gasteiger partial charge in [-0.05, 0) is 48.1 Å². The molecule has 3 fully saturated rings. The molecule has 3 aliphatic heterocycles. The number of hydrogen-bond acceptors (Lipinski definition) is 6. The van der Waals surface area contributed by atoms with Gasteiger partial charge in [0.1, 0.15) is 12.2 Å². The van der Waals surface area contributed by atoms with Gasteiger partial charge >= 0.3 is 0 Å². The van der Waals surface area contributed by atoms with Crippen LogP contribution in [0.1, 0.15) is 43.4 Å². The zero-order chi connectivity index (χ0) is 25.9. The van der Waals surface area contributed by atoms with Crippen LogP contribution in [0.4, 0.5) is 0 Å². The monoisotopic (exact) mass is 513 g/mol. The molecule has 3 saturated heterocycles. The normalized spacial score (nSPS) is 28.2. The second-order valence-electron chi connectivity index (χ2n) is 11.3. The lowest BCUT2D eigenvalue weighted by Gasteiger charge is -2.47. The van der Waals surface area contributed by atoms with E-state index in [9.17, 15) is 5.11 Å². The molecule has 38 heavy (non-hydrogen) atoms. The molecule has 0 unspecified atom stereocenters. The summed E-state index contributed by atoms with van der Waals surface area (Å²) >= 11 is 0. The Morgan fingerprint density at radius 3 is 2.11 bits per heavy atom. The van der Waals surface area contributed by atoms with E-state index in [2.05, 4.69) is 83.8 Å². The van der Waals surface area contributed by atoms with Crippen LogP contribution < -0.4 is 0 Å². The Morgan fingerprint density at radius 2 is 1.45 bits per heavy atom. The van der Waals surface area contributed by atoms with Crippen molar-refractivity contribution in [1.29, 1.82) is 0 Å². The van der Waals surface area contributed by atoms with Gasteiger partial charge in [-0.25, -0.2) is 0 Å². The van der Waals surface area contributed by atoms with Gasteiger partial charge in [0, 0.05) is 13.0 Å². The SMILES string of the molecule is CC1(C)O[C@H]2[C@@H]([C@@H](O)CCC3OCCO3)N(C3(c4ccccc4)c4ccccc4-c4ccccc43)C[C@H]2O1. The van der Waals surface area contributed by atoms with Crippen LogP contribution in [0, 0.1) is 0 Å². The summed E-state index contributed by atoms with van der Waals surface area (Å²) in [5, 5.41) is 11.9. The molecule has 4 atom stereocenters. The Kier molecular flexibility index (Phi) is 5.96. The summed E-state index contributed by atoms with van der Waals surface area (Å²) in [6, 6.07) is 27.8. The summed E-state index contributed by atoms with van der Waals surface area (Å²) in [6.07, 6.45) is -0.138. The van der Waals surface area contributed by atoms with E-state index in [1.54, 1.807) is 0 Å². The van der Waals surface area contributed by atoms with Gasteiger partial charge in [0.25, 0.3) is 0 Å². The van der Waals surface area contributed by atoms with E-state index in [0.717, 1.165) is 0 Å². The fourth-order valence-electron chi connectivity index (χ4n) is 7.30. The van der Waals surface area contributed by atoms with E-state index >= 15 is 0 Å². The van der Waals surface area contributed by atoms with E-state index < -0.39 is 17.4 Å². The molecule has 4 aliphatic rings. The summed E-state index contributed by atoms with van der Waals surface area (Å²) < 4.78 is 24.4. The van der Waals surface area contributed by atoms with Crippen LogP contribution in [0.3, 0.4) is 0 Å².